The van der Waals surface area contributed by atoms with Crippen LogP contribution in [0.15, 0.2) is 0 Å². The van der Waals surface area contributed by atoms with E-state index in [4.69, 9.17) is 9.47 Å². The average molecular weight is 228 g/mol. The van der Waals surface area contributed by atoms with Crippen LogP contribution in [0.1, 0.15) is 19.3 Å². The van der Waals surface area contributed by atoms with Crippen molar-refractivity contribution in [3.63, 3.8) is 0 Å². The van der Waals surface area contributed by atoms with Crippen LogP contribution in [-0.4, -0.2) is 45.0 Å². The van der Waals surface area contributed by atoms with Crippen molar-refractivity contribution >= 4 is 5.91 Å². The summed E-state index contributed by atoms with van der Waals surface area (Å²) in [7, 11) is 3.14. The fourth-order valence-electron chi connectivity index (χ4n) is 2.69. The highest BCUT2D eigenvalue weighted by molar-refractivity contribution is 5.80. The van der Waals surface area contributed by atoms with E-state index in [1.807, 2.05) is 0 Å². The van der Waals surface area contributed by atoms with E-state index in [9.17, 15) is 4.79 Å². The first-order valence-electron chi connectivity index (χ1n) is 5.84. The minimum Gasteiger partial charge on any atom is -0.354 e. The predicted molar refractivity (Wildman–Crippen MR) is 58.9 cm³/mol. The number of carbonyl (C=O) groups is 1. The highest BCUT2D eigenvalue weighted by Crippen LogP contribution is 2.33. The molecule has 2 N–H and O–H groups in total. The van der Waals surface area contributed by atoms with Crippen LogP contribution < -0.4 is 10.6 Å². The third-order valence-corrected chi connectivity index (χ3v) is 3.61. The van der Waals surface area contributed by atoms with Gasteiger partial charge in [-0.2, -0.15) is 0 Å². The van der Waals surface area contributed by atoms with E-state index >= 15 is 0 Å². The van der Waals surface area contributed by atoms with Gasteiger partial charge in [-0.05, 0) is 19.3 Å². The van der Waals surface area contributed by atoms with Gasteiger partial charge in [0.2, 0.25) is 5.91 Å². The van der Waals surface area contributed by atoms with Gasteiger partial charge in [0.15, 0.2) is 6.29 Å². The van der Waals surface area contributed by atoms with Crippen LogP contribution in [0.2, 0.25) is 0 Å². The number of hydrogen-bond acceptors (Lipinski definition) is 4. The molecule has 0 aliphatic carbocycles. The van der Waals surface area contributed by atoms with Gasteiger partial charge in [-0.1, -0.05) is 0 Å². The molecule has 2 aliphatic heterocycles. The zero-order valence-electron chi connectivity index (χ0n) is 9.86. The summed E-state index contributed by atoms with van der Waals surface area (Å²) in [6.07, 6.45) is 2.96. The van der Waals surface area contributed by atoms with Crippen LogP contribution in [0.5, 0.6) is 0 Å². The van der Waals surface area contributed by atoms with Crippen LogP contribution in [0.3, 0.4) is 0 Å². The molecule has 2 rings (SSSR count). The molecular formula is C11H20N2O3. The molecule has 0 aromatic carbocycles. The number of hydrogen-bond donors (Lipinski definition) is 2. The molecule has 2 aliphatic rings. The summed E-state index contributed by atoms with van der Waals surface area (Å²) in [4.78, 5) is 11.9. The van der Waals surface area contributed by atoms with E-state index in [1.54, 1.807) is 14.2 Å². The summed E-state index contributed by atoms with van der Waals surface area (Å²) >= 11 is 0. The Balaban J connectivity index is 1.76. The first kappa shape index (κ1) is 11.8. The maximum absolute atomic E-state index is 11.9. The Morgan fingerprint density at radius 3 is 2.69 bits per heavy atom. The molecule has 0 aromatic rings. The molecule has 5 nitrogen and oxygen atoms in total. The number of ether oxygens (including phenoxy) is 2. The smallest absolute Gasteiger partial charge is 0.224 e. The number of nitrogens with one attached hydrogen (secondary N) is 2. The summed E-state index contributed by atoms with van der Waals surface area (Å²) in [5, 5.41) is 6.33. The molecule has 2 bridgehead atoms. The van der Waals surface area contributed by atoms with Gasteiger partial charge in [0.05, 0.1) is 12.5 Å². The van der Waals surface area contributed by atoms with Crippen molar-refractivity contribution in [1.82, 2.24) is 10.6 Å². The molecule has 16 heavy (non-hydrogen) atoms. The number of amides is 1. The quantitative estimate of drug-likeness (QED) is 0.643. The maximum atomic E-state index is 11.9. The number of carbonyl (C=O) groups excluding carboxylic acids is 1. The Bertz CT molecular complexity index is 256. The lowest BCUT2D eigenvalue weighted by Crippen LogP contribution is -2.41. The molecule has 5 heteroatoms. The first-order valence-corrected chi connectivity index (χ1v) is 5.84. The van der Waals surface area contributed by atoms with Gasteiger partial charge < -0.3 is 20.1 Å². The molecular weight excluding hydrogens is 208 g/mol. The zero-order chi connectivity index (χ0) is 11.5. The summed E-state index contributed by atoms with van der Waals surface area (Å²) in [5.41, 5.74) is 0. The van der Waals surface area contributed by atoms with Gasteiger partial charge >= 0.3 is 0 Å². The Morgan fingerprint density at radius 1 is 1.44 bits per heavy atom. The number of methoxy groups -OCH3 is 2. The molecule has 3 atom stereocenters. The summed E-state index contributed by atoms with van der Waals surface area (Å²) in [6.45, 7) is 0.416. The first-order chi connectivity index (χ1) is 7.74. The maximum Gasteiger partial charge on any atom is 0.224 e. The van der Waals surface area contributed by atoms with Gasteiger partial charge in [0.1, 0.15) is 0 Å². The lowest BCUT2D eigenvalue weighted by molar-refractivity contribution is -0.131. The topological polar surface area (TPSA) is 59.6 Å². The minimum atomic E-state index is -0.351. The van der Waals surface area contributed by atoms with E-state index in [1.165, 1.54) is 6.42 Å². The third kappa shape index (κ3) is 2.36. The SMILES string of the molecule is COC(CNC(=O)C1CC2CCC1N2)OC. The molecule has 3 unspecified atom stereocenters. The molecule has 2 saturated heterocycles. The lowest BCUT2D eigenvalue weighted by Gasteiger charge is -2.21. The molecule has 92 valence electrons. The second kappa shape index (κ2) is 5.12. The predicted octanol–water partition coefficient (Wildman–Crippen LogP) is -0.138. The fraction of sp³-hybridized carbons (Fsp3) is 0.909. The number of fused-ring (bicyclic) bond motifs is 2. The van der Waals surface area contributed by atoms with Crippen LogP contribution >= 0.6 is 0 Å². The minimum absolute atomic E-state index is 0.124. The molecule has 2 fully saturated rings. The lowest BCUT2D eigenvalue weighted by atomic mass is 9.88. The number of rotatable bonds is 5. The molecule has 0 radical (unpaired) electrons. The second-order valence-electron chi connectivity index (χ2n) is 4.54. The Kier molecular flexibility index (Phi) is 3.78. The van der Waals surface area contributed by atoms with E-state index in [-0.39, 0.29) is 18.1 Å². The molecule has 0 aromatic heterocycles. The van der Waals surface area contributed by atoms with Crippen LogP contribution in [0.4, 0.5) is 0 Å². The molecule has 2 heterocycles. The standard InChI is InChI=1S/C11H20N2O3/c1-15-10(16-2)6-12-11(14)8-5-7-3-4-9(8)13-7/h7-10,13H,3-6H2,1-2H3,(H,12,14). The zero-order valence-corrected chi connectivity index (χ0v) is 9.86. The van der Waals surface area contributed by atoms with Crippen LogP contribution in [0, 0.1) is 5.92 Å². The highest BCUT2D eigenvalue weighted by Gasteiger charge is 2.42. The Hall–Kier alpha value is -0.650. The summed E-state index contributed by atoms with van der Waals surface area (Å²) < 4.78 is 10.0. The van der Waals surface area contributed by atoms with Gasteiger partial charge in [-0.25, -0.2) is 0 Å². The summed E-state index contributed by atoms with van der Waals surface area (Å²) in [6, 6.07) is 0.940. The Labute approximate surface area is 95.9 Å². The molecule has 0 spiro atoms. The van der Waals surface area contributed by atoms with Gasteiger partial charge in [0.25, 0.3) is 0 Å². The van der Waals surface area contributed by atoms with E-state index in [0.717, 1.165) is 12.8 Å². The van der Waals surface area contributed by atoms with E-state index in [2.05, 4.69) is 10.6 Å². The Morgan fingerprint density at radius 2 is 2.19 bits per heavy atom. The fourth-order valence-corrected chi connectivity index (χ4v) is 2.69. The largest absolute Gasteiger partial charge is 0.354 e. The van der Waals surface area contributed by atoms with E-state index in [0.29, 0.717) is 18.6 Å². The van der Waals surface area contributed by atoms with Crippen molar-refractivity contribution in [2.45, 2.75) is 37.6 Å². The van der Waals surface area contributed by atoms with Crippen molar-refractivity contribution in [1.29, 1.82) is 0 Å². The van der Waals surface area contributed by atoms with Crippen LogP contribution in [-0.2, 0) is 14.3 Å². The molecule has 0 saturated carbocycles. The van der Waals surface area contributed by atoms with Crippen molar-refractivity contribution < 1.29 is 14.3 Å². The van der Waals surface area contributed by atoms with Crippen molar-refractivity contribution in [3.05, 3.63) is 0 Å². The van der Waals surface area contributed by atoms with Crippen LogP contribution in [0.25, 0.3) is 0 Å². The average Bonchev–Trinajstić information content (AvgIpc) is 2.91. The highest BCUT2D eigenvalue weighted by atomic mass is 16.7. The monoisotopic (exact) mass is 228 g/mol. The van der Waals surface area contributed by atoms with Gasteiger partial charge in [0, 0.05) is 26.3 Å². The summed E-state index contributed by atoms with van der Waals surface area (Å²) in [5.74, 6) is 0.256. The normalized spacial score (nSPS) is 32.3. The van der Waals surface area contributed by atoms with Gasteiger partial charge in [-0.15, -0.1) is 0 Å². The molecule has 1 amide bonds. The third-order valence-electron chi connectivity index (χ3n) is 3.61. The van der Waals surface area contributed by atoms with Crippen molar-refractivity contribution in [3.8, 4) is 0 Å². The van der Waals surface area contributed by atoms with E-state index < -0.39 is 0 Å². The van der Waals surface area contributed by atoms with Crippen molar-refractivity contribution in [2.24, 2.45) is 5.92 Å². The van der Waals surface area contributed by atoms with Gasteiger partial charge in [-0.3, -0.25) is 4.79 Å². The second-order valence-corrected chi connectivity index (χ2v) is 4.54. The van der Waals surface area contributed by atoms with Crippen molar-refractivity contribution in [2.75, 3.05) is 20.8 Å².